The Labute approximate surface area is 127 Å². The van der Waals surface area contributed by atoms with Gasteiger partial charge in [-0.05, 0) is 32.0 Å². The van der Waals surface area contributed by atoms with E-state index in [2.05, 4.69) is 22.0 Å². The molecule has 0 aromatic heterocycles. The van der Waals surface area contributed by atoms with E-state index in [0.29, 0.717) is 6.04 Å². The van der Waals surface area contributed by atoms with Crippen LogP contribution in [0, 0.1) is 0 Å². The first-order valence-corrected chi connectivity index (χ1v) is 8.96. The quantitative estimate of drug-likeness (QED) is 0.821. The van der Waals surface area contributed by atoms with Crippen molar-refractivity contribution in [2.24, 2.45) is 0 Å². The van der Waals surface area contributed by atoms with Gasteiger partial charge < -0.3 is 15.2 Å². The summed E-state index contributed by atoms with van der Waals surface area (Å²) in [6, 6.07) is 8.22. The molecule has 1 aromatic carbocycles. The number of hydrogen-bond acceptors (Lipinski definition) is 4. The predicted octanol–water partition coefficient (Wildman–Crippen LogP) is 2.65. The Hall–Kier alpha value is -1.16. The van der Waals surface area contributed by atoms with Crippen LogP contribution in [-0.4, -0.2) is 43.4 Å². The summed E-state index contributed by atoms with van der Waals surface area (Å²) >= 11 is 0. The molecule has 0 radical (unpaired) electrons. The molecule has 1 amide bonds. The Bertz CT molecular complexity index is 476. The molecule has 0 spiro atoms. The highest BCUT2D eigenvalue weighted by Crippen LogP contribution is 2.42. The summed E-state index contributed by atoms with van der Waals surface area (Å²) in [5, 5.41) is 6.15. The first-order chi connectivity index (χ1) is 10.1. The minimum atomic E-state index is -0.686. The molecule has 6 heteroatoms. The number of carbonyl (C=O) groups excluding carboxylic acids is 1. The number of rotatable bonds is 5. The number of benzene rings is 1. The summed E-state index contributed by atoms with van der Waals surface area (Å²) in [5.41, 5.74) is 0.740. The van der Waals surface area contributed by atoms with Crippen molar-refractivity contribution in [2.45, 2.75) is 25.8 Å². The molecule has 1 unspecified atom stereocenters. The third kappa shape index (κ3) is 4.67. The van der Waals surface area contributed by atoms with Crippen molar-refractivity contribution in [1.29, 1.82) is 0 Å². The SMILES string of the molecule is CNC1CCN(P(C)Oc2ccccc2NC(C)=O)CC1. The normalized spacial score (nSPS) is 18.2. The van der Waals surface area contributed by atoms with E-state index in [4.69, 9.17) is 4.52 Å². The molecule has 116 valence electrons. The van der Waals surface area contributed by atoms with Crippen LogP contribution in [0.3, 0.4) is 0 Å². The molecule has 5 nitrogen and oxygen atoms in total. The molecule has 1 atom stereocenters. The van der Waals surface area contributed by atoms with E-state index in [1.807, 2.05) is 31.3 Å². The summed E-state index contributed by atoms with van der Waals surface area (Å²) in [6.45, 7) is 5.74. The smallest absolute Gasteiger partial charge is 0.221 e. The largest absolute Gasteiger partial charge is 0.456 e. The van der Waals surface area contributed by atoms with Gasteiger partial charge in [0.05, 0.1) is 5.69 Å². The number of nitrogens with one attached hydrogen (secondary N) is 2. The molecule has 21 heavy (non-hydrogen) atoms. The first-order valence-electron chi connectivity index (χ1n) is 7.30. The zero-order valence-corrected chi connectivity index (χ0v) is 13.8. The Morgan fingerprint density at radius 1 is 1.33 bits per heavy atom. The number of piperidine rings is 1. The van der Waals surface area contributed by atoms with Gasteiger partial charge in [0.1, 0.15) is 5.75 Å². The second-order valence-corrected chi connectivity index (χ2v) is 6.93. The fraction of sp³-hybridized carbons (Fsp3) is 0.533. The average molecular weight is 309 g/mol. The zero-order chi connectivity index (χ0) is 15.2. The molecule has 1 aliphatic rings. The van der Waals surface area contributed by atoms with Crippen molar-refractivity contribution < 1.29 is 9.32 Å². The zero-order valence-electron chi connectivity index (χ0n) is 12.9. The van der Waals surface area contributed by atoms with Gasteiger partial charge in [-0.1, -0.05) is 12.1 Å². The maximum absolute atomic E-state index is 11.2. The standard InChI is InChI=1S/C15H24N3O2P/c1-12(19)17-14-6-4-5-7-15(14)20-21(3)18-10-8-13(16-2)9-11-18/h4-7,13,16H,8-11H2,1-3H3,(H,17,19). The van der Waals surface area contributed by atoms with Crippen LogP contribution in [0.1, 0.15) is 19.8 Å². The van der Waals surface area contributed by atoms with Crippen molar-refractivity contribution in [3.05, 3.63) is 24.3 Å². The highest BCUT2D eigenvalue weighted by atomic mass is 31.2. The molecule has 0 saturated carbocycles. The third-order valence-electron chi connectivity index (χ3n) is 3.71. The van der Waals surface area contributed by atoms with Gasteiger partial charge in [0.15, 0.2) is 8.30 Å². The average Bonchev–Trinajstić information content (AvgIpc) is 2.49. The van der Waals surface area contributed by atoms with Crippen LogP contribution in [0.2, 0.25) is 0 Å². The summed E-state index contributed by atoms with van der Waals surface area (Å²) < 4.78 is 8.51. The lowest BCUT2D eigenvalue weighted by atomic mass is 10.1. The number of para-hydroxylation sites is 2. The second-order valence-electron chi connectivity index (χ2n) is 5.25. The molecule has 1 saturated heterocycles. The molecule has 1 aliphatic heterocycles. The van der Waals surface area contributed by atoms with Crippen molar-refractivity contribution >= 4 is 19.9 Å². The minimum Gasteiger partial charge on any atom is -0.456 e. The van der Waals surface area contributed by atoms with Crippen LogP contribution in [0.4, 0.5) is 5.69 Å². The highest BCUT2D eigenvalue weighted by Gasteiger charge is 2.23. The lowest BCUT2D eigenvalue weighted by Crippen LogP contribution is -2.39. The van der Waals surface area contributed by atoms with Gasteiger partial charge in [0.25, 0.3) is 0 Å². The summed E-state index contributed by atoms with van der Waals surface area (Å²) in [4.78, 5) is 11.2. The van der Waals surface area contributed by atoms with Crippen LogP contribution in [0.15, 0.2) is 24.3 Å². The summed E-state index contributed by atoms with van der Waals surface area (Å²) in [5.74, 6) is 0.665. The fourth-order valence-corrected chi connectivity index (χ4v) is 3.83. The molecular weight excluding hydrogens is 285 g/mol. The number of hydrogen-bond donors (Lipinski definition) is 2. The van der Waals surface area contributed by atoms with E-state index < -0.39 is 8.30 Å². The lowest BCUT2D eigenvalue weighted by molar-refractivity contribution is -0.114. The van der Waals surface area contributed by atoms with Gasteiger partial charge in [-0.2, -0.15) is 0 Å². The molecular formula is C15H24N3O2P. The number of amides is 1. The van der Waals surface area contributed by atoms with Gasteiger partial charge in [-0.3, -0.25) is 9.46 Å². The number of carbonyl (C=O) groups is 1. The first kappa shape index (κ1) is 16.2. The Morgan fingerprint density at radius 3 is 2.62 bits per heavy atom. The topological polar surface area (TPSA) is 53.6 Å². The van der Waals surface area contributed by atoms with Crippen molar-refractivity contribution in [1.82, 2.24) is 9.99 Å². The Balaban J connectivity index is 1.96. The lowest BCUT2D eigenvalue weighted by Gasteiger charge is -2.35. The molecule has 2 N–H and O–H groups in total. The van der Waals surface area contributed by atoms with Gasteiger partial charge in [0.2, 0.25) is 5.91 Å². The van der Waals surface area contributed by atoms with Crippen molar-refractivity contribution in [3.63, 3.8) is 0 Å². The highest BCUT2D eigenvalue weighted by molar-refractivity contribution is 7.49. The van der Waals surface area contributed by atoms with Crippen molar-refractivity contribution in [2.75, 3.05) is 32.1 Å². The molecule has 1 fully saturated rings. The third-order valence-corrected chi connectivity index (χ3v) is 5.36. The van der Waals surface area contributed by atoms with E-state index in [1.165, 1.54) is 6.92 Å². The Kier molecular flexibility index (Phi) is 5.97. The fourth-order valence-electron chi connectivity index (χ4n) is 2.48. The number of nitrogens with zero attached hydrogens (tertiary/aromatic N) is 1. The van der Waals surface area contributed by atoms with Crippen LogP contribution in [0.5, 0.6) is 5.75 Å². The van der Waals surface area contributed by atoms with E-state index in [0.717, 1.165) is 37.4 Å². The van der Waals surface area contributed by atoms with E-state index in [-0.39, 0.29) is 5.91 Å². The van der Waals surface area contributed by atoms with Crippen LogP contribution in [-0.2, 0) is 4.79 Å². The van der Waals surface area contributed by atoms with E-state index >= 15 is 0 Å². The molecule has 0 aliphatic carbocycles. The second kappa shape index (κ2) is 7.74. The maximum atomic E-state index is 11.2. The monoisotopic (exact) mass is 309 g/mol. The van der Waals surface area contributed by atoms with E-state index in [1.54, 1.807) is 0 Å². The van der Waals surface area contributed by atoms with Gasteiger partial charge >= 0.3 is 0 Å². The van der Waals surface area contributed by atoms with Crippen LogP contribution < -0.4 is 15.2 Å². The van der Waals surface area contributed by atoms with Crippen LogP contribution in [0.25, 0.3) is 0 Å². The summed E-state index contributed by atoms with van der Waals surface area (Å²) in [6.07, 6.45) is 2.31. The van der Waals surface area contributed by atoms with Gasteiger partial charge in [-0.15, -0.1) is 0 Å². The molecule has 1 heterocycles. The summed E-state index contributed by atoms with van der Waals surface area (Å²) in [7, 11) is 1.34. The number of anilines is 1. The maximum Gasteiger partial charge on any atom is 0.221 e. The van der Waals surface area contributed by atoms with Crippen LogP contribution >= 0.6 is 8.30 Å². The van der Waals surface area contributed by atoms with Gasteiger partial charge in [0, 0.05) is 32.7 Å². The minimum absolute atomic E-state index is 0.0821. The van der Waals surface area contributed by atoms with Gasteiger partial charge in [-0.25, -0.2) is 0 Å². The predicted molar refractivity (Wildman–Crippen MR) is 87.9 cm³/mol. The van der Waals surface area contributed by atoms with Crippen molar-refractivity contribution in [3.8, 4) is 5.75 Å². The van der Waals surface area contributed by atoms with E-state index in [9.17, 15) is 4.79 Å². The molecule has 0 bridgehead atoms. The molecule has 2 rings (SSSR count). The Morgan fingerprint density at radius 2 is 2.00 bits per heavy atom. The molecule has 1 aromatic rings.